The van der Waals surface area contributed by atoms with E-state index in [1.807, 2.05) is 0 Å². The highest BCUT2D eigenvalue weighted by molar-refractivity contribution is 5.75. The SMILES string of the molecule is COC(C)(C)C[C@H](C)NC(=O)N1CC[C@@H]2CCCC[C@H]21. The Bertz CT molecular complexity index is 343. The van der Waals surface area contributed by atoms with Crippen molar-refractivity contribution in [2.24, 2.45) is 5.92 Å². The molecule has 0 radical (unpaired) electrons. The average molecular weight is 282 g/mol. The van der Waals surface area contributed by atoms with Crippen LogP contribution in [0.5, 0.6) is 0 Å². The fourth-order valence-corrected chi connectivity index (χ4v) is 3.82. The zero-order valence-electron chi connectivity index (χ0n) is 13.4. The highest BCUT2D eigenvalue weighted by Gasteiger charge is 2.38. The van der Waals surface area contributed by atoms with Crippen LogP contribution in [0.15, 0.2) is 0 Å². The smallest absolute Gasteiger partial charge is 0.317 e. The number of hydrogen-bond acceptors (Lipinski definition) is 2. The van der Waals surface area contributed by atoms with Crippen molar-refractivity contribution in [2.75, 3.05) is 13.7 Å². The molecule has 116 valence electrons. The quantitative estimate of drug-likeness (QED) is 0.860. The third kappa shape index (κ3) is 3.66. The van der Waals surface area contributed by atoms with Gasteiger partial charge < -0.3 is 15.0 Å². The van der Waals surface area contributed by atoms with Crippen molar-refractivity contribution in [3.8, 4) is 0 Å². The van der Waals surface area contributed by atoms with Gasteiger partial charge in [-0.2, -0.15) is 0 Å². The molecule has 1 heterocycles. The van der Waals surface area contributed by atoms with Gasteiger partial charge in [-0.1, -0.05) is 12.8 Å². The Hall–Kier alpha value is -0.770. The minimum atomic E-state index is -0.189. The van der Waals surface area contributed by atoms with E-state index in [9.17, 15) is 4.79 Å². The lowest BCUT2D eigenvalue weighted by atomic mass is 9.85. The Morgan fingerprint density at radius 1 is 1.35 bits per heavy atom. The van der Waals surface area contributed by atoms with E-state index in [1.165, 1.54) is 32.1 Å². The minimum absolute atomic E-state index is 0.124. The van der Waals surface area contributed by atoms with Gasteiger partial charge in [0.05, 0.1) is 5.60 Å². The van der Waals surface area contributed by atoms with Crippen molar-refractivity contribution in [1.29, 1.82) is 0 Å². The first kappa shape index (κ1) is 15.6. The summed E-state index contributed by atoms with van der Waals surface area (Å²) in [7, 11) is 1.72. The highest BCUT2D eigenvalue weighted by Crippen LogP contribution is 2.36. The molecule has 0 unspecified atom stereocenters. The number of hydrogen-bond donors (Lipinski definition) is 1. The zero-order valence-corrected chi connectivity index (χ0v) is 13.4. The van der Waals surface area contributed by atoms with Crippen LogP contribution in [-0.2, 0) is 4.74 Å². The molecule has 1 aliphatic heterocycles. The van der Waals surface area contributed by atoms with Gasteiger partial charge in [-0.3, -0.25) is 0 Å². The molecule has 0 aromatic rings. The number of urea groups is 1. The first-order chi connectivity index (χ1) is 9.43. The summed E-state index contributed by atoms with van der Waals surface area (Å²) in [6.45, 7) is 7.11. The lowest BCUT2D eigenvalue weighted by molar-refractivity contribution is 0.00904. The number of methoxy groups -OCH3 is 1. The van der Waals surface area contributed by atoms with Crippen LogP contribution in [0.3, 0.4) is 0 Å². The molecule has 4 heteroatoms. The average Bonchev–Trinajstić information content (AvgIpc) is 2.81. The molecule has 0 aromatic heterocycles. The topological polar surface area (TPSA) is 41.6 Å². The Morgan fingerprint density at radius 3 is 2.75 bits per heavy atom. The maximum atomic E-state index is 12.5. The predicted molar refractivity (Wildman–Crippen MR) is 80.8 cm³/mol. The molecular weight excluding hydrogens is 252 g/mol. The van der Waals surface area contributed by atoms with Crippen LogP contribution in [0, 0.1) is 5.92 Å². The second-order valence-corrected chi connectivity index (χ2v) is 7.11. The highest BCUT2D eigenvalue weighted by atomic mass is 16.5. The van der Waals surface area contributed by atoms with Gasteiger partial charge in [-0.15, -0.1) is 0 Å². The van der Waals surface area contributed by atoms with Gasteiger partial charge in [0, 0.05) is 25.7 Å². The summed E-state index contributed by atoms with van der Waals surface area (Å²) >= 11 is 0. The number of ether oxygens (including phenoxy) is 1. The summed E-state index contributed by atoms with van der Waals surface area (Å²) in [6.07, 6.45) is 7.14. The van der Waals surface area contributed by atoms with Crippen LogP contribution in [0.1, 0.15) is 59.3 Å². The molecule has 0 spiro atoms. The largest absolute Gasteiger partial charge is 0.379 e. The van der Waals surface area contributed by atoms with Crippen LogP contribution in [0.25, 0.3) is 0 Å². The van der Waals surface area contributed by atoms with Gasteiger partial charge in [0.1, 0.15) is 0 Å². The van der Waals surface area contributed by atoms with Crippen LogP contribution >= 0.6 is 0 Å². The summed E-state index contributed by atoms with van der Waals surface area (Å²) in [4.78, 5) is 14.5. The van der Waals surface area contributed by atoms with Crippen molar-refractivity contribution in [1.82, 2.24) is 10.2 Å². The summed E-state index contributed by atoms with van der Waals surface area (Å²) in [6, 6.07) is 0.755. The molecule has 3 atom stereocenters. The van der Waals surface area contributed by atoms with Crippen LogP contribution in [0.2, 0.25) is 0 Å². The molecule has 0 bridgehead atoms. The van der Waals surface area contributed by atoms with Crippen molar-refractivity contribution < 1.29 is 9.53 Å². The van der Waals surface area contributed by atoms with Gasteiger partial charge in [0.25, 0.3) is 0 Å². The molecule has 2 fully saturated rings. The van der Waals surface area contributed by atoms with Crippen molar-refractivity contribution in [3.63, 3.8) is 0 Å². The Morgan fingerprint density at radius 2 is 2.05 bits per heavy atom. The van der Waals surface area contributed by atoms with Crippen LogP contribution in [0.4, 0.5) is 4.79 Å². The standard InChI is InChI=1S/C16H30N2O2/c1-12(11-16(2,3)20-4)17-15(19)18-10-9-13-7-5-6-8-14(13)18/h12-14H,5-11H2,1-4H3,(H,17,19)/t12-,13-,14+/m0/s1. The fraction of sp³-hybridized carbons (Fsp3) is 0.938. The van der Waals surface area contributed by atoms with Crippen molar-refractivity contribution in [2.45, 2.75) is 77.0 Å². The zero-order chi connectivity index (χ0) is 14.8. The monoisotopic (exact) mass is 282 g/mol. The number of likely N-dealkylation sites (tertiary alicyclic amines) is 1. The van der Waals surface area contributed by atoms with Gasteiger partial charge in [-0.25, -0.2) is 4.79 Å². The number of amides is 2. The number of carbonyl (C=O) groups is 1. The minimum Gasteiger partial charge on any atom is -0.379 e. The Kier molecular flexibility index (Phi) is 4.95. The number of carbonyl (C=O) groups excluding carboxylic acids is 1. The summed E-state index contributed by atoms with van der Waals surface area (Å²) < 4.78 is 5.44. The third-order valence-corrected chi connectivity index (χ3v) is 4.99. The maximum absolute atomic E-state index is 12.5. The van der Waals surface area contributed by atoms with Crippen LogP contribution < -0.4 is 5.32 Å². The molecule has 2 amide bonds. The van der Waals surface area contributed by atoms with E-state index in [0.29, 0.717) is 6.04 Å². The second-order valence-electron chi connectivity index (χ2n) is 7.11. The molecule has 1 saturated heterocycles. The Balaban J connectivity index is 1.85. The Labute approximate surface area is 123 Å². The van der Waals surface area contributed by atoms with E-state index in [1.54, 1.807) is 7.11 Å². The van der Waals surface area contributed by atoms with E-state index in [0.717, 1.165) is 18.9 Å². The van der Waals surface area contributed by atoms with Crippen molar-refractivity contribution in [3.05, 3.63) is 0 Å². The number of nitrogens with zero attached hydrogens (tertiary/aromatic N) is 1. The molecule has 4 nitrogen and oxygen atoms in total. The lowest BCUT2D eigenvalue weighted by Crippen LogP contribution is -2.49. The molecule has 20 heavy (non-hydrogen) atoms. The second kappa shape index (κ2) is 6.33. The molecule has 1 saturated carbocycles. The van der Waals surface area contributed by atoms with E-state index in [4.69, 9.17) is 4.74 Å². The lowest BCUT2D eigenvalue weighted by Gasteiger charge is -2.33. The van der Waals surface area contributed by atoms with Crippen LogP contribution in [-0.4, -0.2) is 42.3 Å². The first-order valence-corrected chi connectivity index (χ1v) is 8.05. The van der Waals surface area contributed by atoms with E-state index >= 15 is 0 Å². The van der Waals surface area contributed by atoms with Gasteiger partial charge >= 0.3 is 6.03 Å². The molecular formula is C16H30N2O2. The maximum Gasteiger partial charge on any atom is 0.317 e. The summed E-state index contributed by atoms with van der Waals surface area (Å²) in [5.41, 5.74) is -0.189. The number of nitrogens with one attached hydrogen (secondary N) is 1. The number of rotatable bonds is 4. The van der Waals surface area contributed by atoms with E-state index in [-0.39, 0.29) is 17.7 Å². The van der Waals surface area contributed by atoms with Gasteiger partial charge in [0.15, 0.2) is 0 Å². The number of fused-ring (bicyclic) bond motifs is 1. The molecule has 1 N–H and O–H groups in total. The molecule has 2 rings (SSSR count). The van der Waals surface area contributed by atoms with Gasteiger partial charge in [0.2, 0.25) is 0 Å². The first-order valence-electron chi connectivity index (χ1n) is 8.05. The van der Waals surface area contributed by atoms with Crippen molar-refractivity contribution >= 4 is 6.03 Å². The molecule has 2 aliphatic rings. The van der Waals surface area contributed by atoms with E-state index < -0.39 is 0 Å². The fourth-order valence-electron chi connectivity index (χ4n) is 3.82. The summed E-state index contributed by atoms with van der Waals surface area (Å²) in [5.74, 6) is 0.750. The van der Waals surface area contributed by atoms with E-state index in [2.05, 4.69) is 31.0 Å². The summed E-state index contributed by atoms with van der Waals surface area (Å²) in [5, 5.41) is 3.15. The normalized spacial score (nSPS) is 28.1. The molecule has 1 aliphatic carbocycles. The molecule has 0 aromatic carbocycles. The third-order valence-electron chi connectivity index (χ3n) is 4.99. The predicted octanol–water partition coefficient (Wildman–Crippen LogP) is 3.16. The van der Waals surface area contributed by atoms with Gasteiger partial charge in [-0.05, 0) is 52.4 Å².